The van der Waals surface area contributed by atoms with Crippen LogP contribution in [0, 0.1) is 93.7 Å². The molecule has 3 N–H and O–H groups in total. The van der Waals surface area contributed by atoms with Gasteiger partial charge in [0.05, 0.1) is 49.0 Å². The molecule has 10 aliphatic carbocycles. The number of hydrogen-bond acceptors (Lipinski definition) is 6. The Morgan fingerprint density at radius 3 is 2.21 bits per heavy atom. The highest BCUT2D eigenvalue weighted by Crippen LogP contribution is 2.75. The molecule has 0 amide bonds. The molecule has 63 heavy (non-hydrogen) atoms. The van der Waals surface area contributed by atoms with Crippen molar-refractivity contribution in [1.82, 2.24) is 16.0 Å². The van der Waals surface area contributed by atoms with Crippen LogP contribution in [0.1, 0.15) is 135 Å². The van der Waals surface area contributed by atoms with E-state index in [1.54, 1.807) is 11.1 Å². The zero-order valence-electron chi connectivity index (χ0n) is 38.0. The predicted molar refractivity (Wildman–Crippen MR) is 249 cm³/mol. The van der Waals surface area contributed by atoms with Gasteiger partial charge in [0.1, 0.15) is 0 Å². The molecule has 6 heteroatoms. The number of nitrogens with one attached hydrogen (secondary N) is 3. The van der Waals surface area contributed by atoms with E-state index in [4.69, 9.17) is 9.47 Å². The first-order valence-electron chi connectivity index (χ1n) is 26.9. The molecule has 20 atom stereocenters. The molecule has 0 aromatic rings. The number of hydrogen-bond donors (Lipinski definition) is 3. The highest BCUT2D eigenvalue weighted by atomic mass is 16.5. The Bertz CT molecular complexity index is 1990. The van der Waals surface area contributed by atoms with Crippen molar-refractivity contribution >= 4 is 0 Å². The smallest absolute Gasteiger partial charge is 0.0856 e. The number of rotatable bonds is 4. The van der Waals surface area contributed by atoms with E-state index >= 15 is 0 Å². The van der Waals surface area contributed by atoms with Crippen LogP contribution in [0.15, 0.2) is 83.6 Å². The van der Waals surface area contributed by atoms with E-state index in [0.717, 1.165) is 43.4 Å². The van der Waals surface area contributed by atoms with Gasteiger partial charge in [0.25, 0.3) is 0 Å². The fourth-order valence-electron chi connectivity index (χ4n) is 18.7. The number of ether oxygens (including phenoxy) is 2. The van der Waals surface area contributed by atoms with E-state index in [9.17, 15) is 5.26 Å². The predicted octanol–water partition coefficient (Wildman–Crippen LogP) is 11.1. The van der Waals surface area contributed by atoms with Crippen LogP contribution < -0.4 is 16.0 Å². The summed E-state index contributed by atoms with van der Waals surface area (Å²) in [5.74, 6) is 7.60. The lowest BCUT2D eigenvalue weighted by Crippen LogP contribution is -2.72. The van der Waals surface area contributed by atoms with E-state index in [1.807, 2.05) is 0 Å². The average molecular weight is 849 g/mol. The Morgan fingerprint density at radius 1 is 0.619 bits per heavy atom. The van der Waals surface area contributed by atoms with Crippen molar-refractivity contribution in [3.8, 4) is 6.07 Å². The summed E-state index contributed by atoms with van der Waals surface area (Å²) in [6.07, 6.45) is 56.0. The average Bonchev–Trinajstić information content (AvgIpc) is 3.88. The Balaban J connectivity index is 0.853. The van der Waals surface area contributed by atoms with Gasteiger partial charge in [0.2, 0.25) is 0 Å². The molecule has 3 saturated heterocycles. The van der Waals surface area contributed by atoms with Gasteiger partial charge in [-0.15, -0.1) is 0 Å². The Labute approximate surface area is 379 Å². The Kier molecular flexibility index (Phi) is 10.8. The molecular weight excluding hydrogens is 773 g/mol. The van der Waals surface area contributed by atoms with Crippen molar-refractivity contribution < 1.29 is 9.47 Å². The zero-order valence-corrected chi connectivity index (χ0v) is 38.0. The highest BCUT2D eigenvalue weighted by Gasteiger charge is 2.72. The largest absolute Gasteiger partial charge is 0.374 e. The number of allylic oxidation sites excluding steroid dienone is 8. The molecule has 1 spiro atoms. The fourth-order valence-corrected chi connectivity index (χ4v) is 18.7. The molecule has 336 valence electrons. The summed E-state index contributed by atoms with van der Waals surface area (Å²) < 4.78 is 14.3. The summed E-state index contributed by atoms with van der Waals surface area (Å²) in [7, 11) is 0. The maximum Gasteiger partial charge on any atom is 0.0856 e. The van der Waals surface area contributed by atoms with Crippen molar-refractivity contribution in [1.29, 1.82) is 5.26 Å². The van der Waals surface area contributed by atoms with Crippen LogP contribution >= 0.6 is 0 Å². The van der Waals surface area contributed by atoms with E-state index in [1.165, 1.54) is 115 Å². The molecule has 7 fully saturated rings. The van der Waals surface area contributed by atoms with Gasteiger partial charge in [-0.05, 0) is 185 Å². The van der Waals surface area contributed by atoms with Crippen LogP contribution in [0.4, 0.5) is 0 Å². The van der Waals surface area contributed by atoms with Crippen molar-refractivity contribution in [2.45, 2.75) is 178 Å². The van der Waals surface area contributed by atoms with Crippen molar-refractivity contribution in [3.05, 3.63) is 83.6 Å². The summed E-state index contributed by atoms with van der Waals surface area (Å²) in [6.45, 7) is 0. The molecular formula is C57H76N4O2. The van der Waals surface area contributed by atoms with Crippen molar-refractivity contribution in [2.24, 2.45) is 82.3 Å². The summed E-state index contributed by atoms with van der Waals surface area (Å²) in [5.41, 5.74) is 5.00. The van der Waals surface area contributed by atoms with E-state index < -0.39 is 0 Å². The van der Waals surface area contributed by atoms with Gasteiger partial charge in [-0.3, -0.25) is 16.0 Å². The summed E-state index contributed by atoms with van der Waals surface area (Å²) in [6, 6.07) is 3.01. The monoisotopic (exact) mass is 849 g/mol. The lowest BCUT2D eigenvalue weighted by Gasteiger charge is -2.62. The summed E-state index contributed by atoms with van der Waals surface area (Å²) in [5, 5.41) is 23.6. The quantitative estimate of drug-likeness (QED) is 0.245. The van der Waals surface area contributed by atoms with Gasteiger partial charge >= 0.3 is 0 Å². The van der Waals surface area contributed by atoms with Crippen molar-refractivity contribution in [3.63, 3.8) is 0 Å². The molecule has 13 aliphatic rings. The standard InChI is InChI=1S/C57H76N4O2/c58-33-38-32-48-52(41-20-5-4-18-39(38)41)43-29-28-36(31-47(43)57(48)45-23-7-10-26-50(45)62-51-27-11-8-24-46(51)57)35-16-12-17-37(30-35)55-59-54(34-14-2-1-3-15-34)60-56(61-55)44-22-13-21-42-40-19-6-9-25-49(40)63-53(42)44/h2,10-11,13-15,21,26-27,30-31,37-56,59-61H,1,3-9,12,16-20,22-25,28-29,32H2. The van der Waals surface area contributed by atoms with Gasteiger partial charge in [0, 0.05) is 23.7 Å². The maximum absolute atomic E-state index is 10.9. The maximum atomic E-state index is 10.9. The third-order valence-corrected chi connectivity index (χ3v) is 20.9. The third kappa shape index (κ3) is 6.60. The second-order valence-electron chi connectivity index (χ2n) is 23.3. The molecule has 13 rings (SSSR count). The molecule has 3 aliphatic heterocycles. The second-order valence-corrected chi connectivity index (χ2v) is 23.3. The lowest BCUT2D eigenvalue weighted by atomic mass is 9.46. The van der Waals surface area contributed by atoms with Crippen LogP contribution in [-0.2, 0) is 9.47 Å². The lowest BCUT2D eigenvalue weighted by molar-refractivity contribution is -0.200. The van der Waals surface area contributed by atoms with E-state index in [2.05, 4.69) is 88.9 Å². The summed E-state index contributed by atoms with van der Waals surface area (Å²) >= 11 is 0. The van der Waals surface area contributed by atoms with Crippen LogP contribution in [0.3, 0.4) is 0 Å². The zero-order chi connectivity index (χ0) is 41.6. The molecule has 20 unspecified atom stereocenters. The Morgan fingerprint density at radius 2 is 1.40 bits per heavy atom. The normalized spacial score (nSPS) is 51.8. The van der Waals surface area contributed by atoms with Crippen molar-refractivity contribution in [2.75, 3.05) is 0 Å². The second kappa shape index (κ2) is 16.7. The Hall–Kier alpha value is -2.53. The van der Waals surface area contributed by atoms with Gasteiger partial charge in [-0.2, -0.15) is 5.26 Å². The third-order valence-electron chi connectivity index (χ3n) is 20.9. The van der Waals surface area contributed by atoms with Gasteiger partial charge < -0.3 is 9.47 Å². The minimum Gasteiger partial charge on any atom is -0.374 e. The number of fused-ring (bicyclic) bond motifs is 14. The topological polar surface area (TPSA) is 78.3 Å². The van der Waals surface area contributed by atoms with E-state index in [-0.39, 0.29) is 42.0 Å². The molecule has 4 saturated carbocycles. The summed E-state index contributed by atoms with van der Waals surface area (Å²) in [4.78, 5) is 0. The number of nitrogens with zero attached hydrogens (tertiary/aromatic N) is 1. The van der Waals surface area contributed by atoms with Crippen LogP contribution in [-0.4, -0.2) is 42.9 Å². The first-order chi connectivity index (χ1) is 31.2. The molecule has 0 aromatic heterocycles. The van der Waals surface area contributed by atoms with Gasteiger partial charge in [-0.1, -0.05) is 92.5 Å². The first-order valence-corrected chi connectivity index (χ1v) is 26.9. The van der Waals surface area contributed by atoms with Gasteiger partial charge in [0.15, 0.2) is 0 Å². The number of nitriles is 1. The molecule has 3 heterocycles. The molecule has 6 nitrogen and oxygen atoms in total. The molecule has 0 radical (unpaired) electrons. The first kappa shape index (κ1) is 40.7. The molecule has 0 aromatic carbocycles. The highest BCUT2D eigenvalue weighted by molar-refractivity contribution is 5.39. The van der Waals surface area contributed by atoms with Gasteiger partial charge in [-0.25, -0.2) is 0 Å². The minimum absolute atomic E-state index is 0.144. The minimum atomic E-state index is 0.144. The van der Waals surface area contributed by atoms with Crippen LogP contribution in [0.5, 0.6) is 0 Å². The fraction of sp³-hybridized carbons (Fsp3) is 0.737. The van der Waals surface area contributed by atoms with E-state index in [0.29, 0.717) is 65.5 Å². The van der Waals surface area contributed by atoms with Crippen LogP contribution in [0.25, 0.3) is 0 Å². The SMILES string of the molecule is N#CC1CC2C(C3CCCCC13)C1CCC(C3=CC(C4NC(C5=CCCC=C5)NC(C5CC=CC6C7CCCCC7OC65)N4)CCC3)=CC1C21C2CCC=CC2OC2C=CCCC21. The van der Waals surface area contributed by atoms with Crippen LogP contribution in [0.2, 0.25) is 0 Å². The molecule has 0 bridgehead atoms.